The minimum absolute atomic E-state index is 0.225. The first-order chi connectivity index (χ1) is 10.6. The number of aryl methyl sites for hydroxylation is 1. The summed E-state index contributed by atoms with van der Waals surface area (Å²) >= 11 is 0. The molecule has 0 saturated carbocycles. The molecule has 1 aliphatic heterocycles. The summed E-state index contributed by atoms with van der Waals surface area (Å²) in [5, 5.41) is 10.2. The monoisotopic (exact) mass is 307 g/mol. The van der Waals surface area contributed by atoms with Gasteiger partial charge in [0.15, 0.2) is 0 Å². The van der Waals surface area contributed by atoms with Crippen molar-refractivity contribution in [3.63, 3.8) is 0 Å². The summed E-state index contributed by atoms with van der Waals surface area (Å²) in [6.07, 6.45) is 2.21. The first-order valence-electron chi connectivity index (χ1n) is 8.34. The normalized spacial score (nSPS) is 24.2. The molecule has 0 aliphatic carbocycles. The first-order valence-corrected chi connectivity index (χ1v) is 8.34. The maximum absolute atomic E-state index is 10.2. The second-order valence-corrected chi connectivity index (χ2v) is 6.33. The van der Waals surface area contributed by atoms with Gasteiger partial charge in [-0.2, -0.15) is 0 Å². The molecule has 2 rings (SSSR count). The van der Waals surface area contributed by atoms with Gasteiger partial charge in [0.05, 0.1) is 12.2 Å². The highest BCUT2D eigenvalue weighted by atomic mass is 16.5. The van der Waals surface area contributed by atoms with Crippen LogP contribution in [0.2, 0.25) is 0 Å². The van der Waals surface area contributed by atoms with Crippen LogP contribution in [0, 0.1) is 0 Å². The Morgan fingerprint density at radius 3 is 2.45 bits per heavy atom. The zero-order valence-electron chi connectivity index (χ0n) is 14.0. The molecule has 0 radical (unpaired) electrons. The standard InChI is InChI=1S/C18H29NO3/c1-4-5-16-6-8-18(9-7-16)21-13-17(20)12-19-10-14(2)22-15(3)11-19/h6-9,14-15,17,20H,4-5,10-13H2,1-3H3/t14-,15+,17-/m1/s1. The van der Waals surface area contributed by atoms with Gasteiger partial charge in [0.25, 0.3) is 0 Å². The van der Waals surface area contributed by atoms with Crippen LogP contribution < -0.4 is 4.74 Å². The number of hydrogen-bond acceptors (Lipinski definition) is 4. The summed E-state index contributed by atoms with van der Waals surface area (Å²) in [5.41, 5.74) is 1.33. The molecule has 1 aliphatic rings. The molecule has 1 saturated heterocycles. The lowest BCUT2D eigenvalue weighted by atomic mass is 10.1. The van der Waals surface area contributed by atoms with Gasteiger partial charge < -0.3 is 14.6 Å². The number of benzene rings is 1. The van der Waals surface area contributed by atoms with Gasteiger partial charge in [0.2, 0.25) is 0 Å². The van der Waals surface area contributed by atoms with Gasteiger partial charge in [-0.05, 0) is 38.0 Å². The summed E-state index contributed by atoms with van der Waals surface area (Å²) in [5.74, 6) is 0.822. The Balaban J connectivity index is 1.73. The van der Waals surface area contributed by atoms with Gasteiger partial charge in [-0.1, -0.05) is 25.5 Å². The lowest BCUT2D eigenvalue weighted by Crippen LogP contribution is -2.48. The van der Waals surface area contributed by atoms with Gasteiger partial charge in [0.1, 0.15) is 18.5 Å². The first kappa shape index (κ1) is 17.3. The topological polar surface area (TPSA) is 41.9 Å². The lowest BCUT2D eigenvalue weighted by Gasteiger charge is -2.36. The maximum atomic E-state index is 10.2. The maximum Gasteiger partial charge on any atom is 0.119 e. The van der Waals surface area contributed by atoms with E-state index in [1.165, 1.54) is 5.56 Å². The van der Waals surface area contributed by atoms with E-state index in [9.17, 15) is 5.11 Å². The number of β-amino-alcohol motifs (C(OH)–C–C–N with tert-alkyl or cyclic N) is 1. The van der Waals surface area contributed by atoms with Gasteiger partial charge >= 0.3 is 0 Å². The fraction of sp³-hybridized carbons (Fsp3) is 0.667. The van der Waals surface area contributed by atoms with Crippen molar-refractivity contribution < 1.29 is 14.6 Å². The molecule has 1 heterocycles. The fourth-order valence-electron chi connectivity index (χ4n) is 3.02. The zero-order valence-corrected chi connectivity index (χ0v) is 14.0. The minimum atomic E-state index is -0.479. The predicted molar refractivity (Wildman–Crippen MR) is 88.4 cm³/mol. The molecule has 0 amide bonds. The molecule has 3 atom stereocenters. The average molecular weight is 307 g/mol. The molecule has 22 heavy (non-hydrogen) atoms. The average Bonchev–Trinajstić information content (AvgIpc) is 2.46. The summed E-state index contributed by atoms with van der Waals surface area (Å²) in [7, 11) is 0. The third kappa shape index (κ3) is 5.59. The van der Waals surface area contributed by atoms with E-state index in [0.717, 1.165) is 31.7 Å². The van der Waals surface area contributed by atoms with Crippen molar-refractivity contribution in [2.75, 3.05) is 26.2 Å². The quantitative estimate of drug-likeness (QED) is 0.840. The van der Waals surface area contributed by atoms with Gasteiger partial charge in [-0.25, -0.2) is 0 Å². The third-order valence-corrected chi connectivity index (χ3v) is 3.87. The van der Waals surface area contributed by atoms with E-state index < -0.39 is 6.10 Å². The van der Waals surface area contributed by atoms with E-state index in [4.69, 9.17) is 9.47 Å². The van der Waals surface area contributed by atoms with Gasteiger partial charge in [-0.3, -0.25) is 4.90 Å². The number of rotatable bonds is 7. The molecule has 4 heteroatoms. The van der Waals surface area contributed by atoms with Crippen LogP contribution in [-0.4, -0.2) is 54.6 Å². The molecule has 124 valence electrons. The van der Waals surface area contributed by atoms with Crippen LogP contribution in [0.1, 0.15) is 32.8 Å². The Morgan fingerprint density at radius 2 is 1.86 bits per heavy atom. The fourth-order valence-corrected chi connectivity index (χ4v) is 3.02. The van der Waals surface area contributed by atoms with Crippen LogP contribution in [0.15, 0.2) is 24.3 Å². The zero-order chi connectivity index (χ0) is 15.9. The summed E-state index contributed by atoms with van der Waals surface area (Å²) in [4.78, 5) is 2.25. The predicted octanol–water partition coefficient (Wildman–Crippen LogP) is 2.49. The molecule has 1 aromatic carbocycles. The molecule has 4 nitrogen and oxygen atoms in total. The second kappa shape index (κ2) is 8.51. The van der Waals surface area contributed by atoms with Crippen LogP contribution in [0.5, 0.6) is 5.75 Å². The van der Waals surface area contributed by atoms with Crippen LogP contribution in [0.25, 0.3) is 0 Å². The van der Waals surface area contributed by atoms with E-state index in [2.05, 4.69) is 37.8 Å². The lowest BCUT2D eigenvalue weighted by molar-refractivity contribution is -0.0786. The van der Waals surface area contributed by atoms with Crippen molar-refractivity contribution in [3.8, 4) is 5.75 Å². The van der Waals surface area contributed by atoms with E-state index in [1.807, 2.05) is 12.1 Å². The number of morpholine rings is 1. The smallest absolute Gasteiger partial charge is 0.119 e. The summed E-state index contributed by atoms with van der Waals surface area (Å²) in [6.45, 7) is 9.01. The molecular formula is C18H29NO3. The third-order valence-electron chi connectivity index (χ3n) is 3.87. The molecule has 0 unspecified atom stereocenters. The number of nitrogens with zero attached hydrogens (tertiary/aromatic N) is 1. The van der Waals surface area contributed by atoms with Crippen molar-refractivity contribution in [2.45, 2.75) is 51.9 Å². The van der Waals surface area contributed by atoms with Crippen molar-refractivity contribution in [2.24, 2.45) is 0 Å². The number of hydrogen-bond donors (Lipinski definition) is 1. The second-order valence-electron chi connectivity index (χ2n) is 6.33. The minimum Gasteiger partial charge on any atom is -0.491 e. The van der Waals surface area contributed by atoms with Crippen molar-refractivity contribution in [1.29, 1.82) is 0 Å². The van der Waals surface area contributed by atoms with E-state index >= 15 is 0 Å². The van der Waals surface area contributed by atoms with Gasteiger partial charge in [-0.15, -0.1) is 0 Å². The number of aliphatic hydroxyl groups is 1. The highest BCUT2D eigenvalue weighted by molar-refractivity contribution is 5.27. The Labute approximate surface area is 134 Å². The largest absolute Gasteiger partial charge is 0.491 e. The van der Waals surface area contributed by atoms with Crippen LogP contribution in [-0.2, 0) is 11.2 Å². The highest BCUT2D eigenvalue weighted by Gasteiger charge is 2.23. The Morgan fingerprint density at radius 1 is 1.23 bits per heavy atom. The molecular weight excluding hydrogens is 278 g/mol. The molecule has 1 N–H and O–H groups in total. The van der Waals surface area contributed by atoms with Crippen LogP contribution >= 0.6 is 0 Å². The Kier molecular flexibility index (Phi) is 6.68. The summed E-state index contributed by atoms with van der Waals surface area (Å²) in [6, 6.07) is 8.15. The molecule has 0 spiro atoms. The molecule has 0 bridgehead atoms. The van der Waals surface area contributed by atoms with E-state index in [1.54, 1.807) is 0 Å². The molecule has 1 aromatic rings. The number of ether oxygens (including phenoxy) is 2. The summed E-state index contributed by atoms with van der Waals surface area (Å²) < 4.78 is 11.4. The van der Waals surface area contributed by atoms with Crippen molar-refractivity contribution in [1.82, 2.24) is 4.90 Å². The van der Waals surface area contributed by atoms with Crippen LogP contribution in [0.4, 0.5) is 0 Å². The van der Waals surface area contributed by atoms with Crippen molar-refractivity contribution >= 4 is 0 Å². The highest BCUT2D eigenvalue weighted by Crippen LogP contribution is 2.14. The molecule has 1 fully saturated rings. The van der Waals surface area contributed by atoms with E-state index in [0.29, 0.717) is 13.2 Å². The Hall–Kier alpha value is -1.10. The van der Waals surface area contributed by atoms with Crippen molar-refractivity contribution in [3.05, 3.63) is 29.8 Å². The SMILES string of the molecule is CCCc1ccc(OC[C@H](O)CN2C[C@@H](C)O[C@@H](C)C2)cc1. The molecule has 0 aromatic heterocycles. The number of aliphatic hydroxyl groups excluding tert-OH is 1. The van der Waals surface area contributed by atoms with E-state index in [-0.39, 0.29) is 12.2 Å². The Bertz CT molecular complexity index is 424. The van der Waals surface area contributed by atoms with Crippen LogP contribution in [0.3, 0.4) is 0 Å². The van der Waals surface area contributed by atoms with Gasteiger partial charge in [0, 0.05) is 19.6 Å².